The van der Waals surface area contributed by atoms with E-state index in [9.17, 15) is 9.59 Å². The molecule has 1 aliphatic heterocycles. The van der Waals surface area contributed by atoms with Crippen LogP contribution in [0.25, 0.3) is 0 Å². The Bertz CT molecular complexity index is 1150. The number of nitrogens with one attached hydrogen (secondary N) is 1. The van der Waals surface area contributed by atoms with E-state index in [1.54, 1.807) is 39.5 Å². The van der Waals surface area contributed by atoms with Crippen LogP contribution in [-0.4, -0.2) is 38.7 Å². The van der Waals surface area contributed by atoms with Crippen molar-refractivity contribution in [2.45, 2.75) is 32.1 Å². The fraction of sp³-hybridized carbons (Fsp3) is 0.346. The van der Waals surface area contributed by atoms with Gasteiger partial charge in [-0.05, 0) is 38.0 Å². The second-order valence-electron chi connectivity index (χ2n) is 8.11. The molecule has 0 spiro atoms. The third-order valence-electron chi connectivity index (χ3n) is 6.28. The number of ether oxygens (including phenoxy) is 3. The van der Waals surface area contributed by atoms with E-state index in [4.69, 9.17) is 19.2 Å². The van der Waals surface area contributed by atoms with Gasteiger partial charge in [0.1, 0.15) is 11.5 Å². The van der Waals surface area contributed by atoms with Gasteiger partial charge in [0.2, 0.25) is 0 Å². The number of benzene rings is 2. The molecule has 0 radical (unpaired) electrons. The normalized spacial score (nSPS) is 20.0. The molecule has 1 saturated carbocycles. The molecule has 172 valence electrons. The Morgan fingerprint density at radius 3 is 2.39 bits per heavy atom. The molecule has 2 atom stereocenters. The maximum atomic E-state index is 13.7. The molecule has 7 heteroatoms. The van der Waals surface area contributed by atoms with E-state index in [1.807, 2.05) is 31.2 Å². The first-order valence-electron chi connectivity index (χ1n) is 11.0. The number of Topliss-reactive ketones (excluding diaryl/α,β-unsaturated/α-hetero) is 1. The molecule has 33 heavy (non-hydrogen) atoms. The largest absolute Gasteiger partial charge is 0.495 e. The van der Waals surface area contributed by atoms with E-state index in [2.05, 4.69) is 5.32 Å². The quantitative estimate of drug-likeness (QED) is 0.702. The maximum Gasteiger partial charge on any atom is 0.254 e. The van der Waals surface area contributed by atoms with Crippen LogP contribution in [0, 0.1) is 5.92 Å². The van der Waals surface area contributed by atoms with Crippen LogP contribution in [0.5, 0.6) is 17.2 Å². The number of allylic oxidation sites excluding steroid dienone is 1. The second kappa shape index (κ2) is 9.48. The lowest BCUT2D eigenvalue weighted by Crippen LogP contribution is -2.39. The van der Waals surface area contributed by atoms with Gasteiger partial charge in [0.05, 0.1) is 32.9 Å². The predicted octanol–water partition coefficient (Wildman–Crippen LogP) is 4.53. The van der Waals surface area contributed by atoms with Gasteiger partial charge in [-0.2, -0.15) is 0 Å². The Hall–Kier alpha value is -3.61. The van der Waals surface area contributed by atoms with Gasteiger partial charge in [0, 0.05) is 34.9 Å². The summed E-state index contributed by atoms with van der Waals surface area (Å²) in [6.45, 7) is 1.82. The lowest BCUT2D eigenvalue weighted by molar-refractivity contribution is -0.122. The molecular weight excluding hydrogens is 420 g/mol. The average Bonchev–Trinajstić information content (AvgIpc) is 2.83. The standard InChI is InChI=1S/C26H28N2O5/c1-15-22(26(30)28-17-10-5-6-13-20(17)31-2)23(24-18(27-15)11-8-12-19(24)29)16-9-7-14-21(32-3)25(16)33-4/h5-7,9-10,13-14,23-24H,8,11-12H2,1-4H3,(H,28,30)/t23-,24-/m0/s1. The van der Waals surface area contributed by atoms with Gasteiger partial charge in [-0.1, -0.05) is 24.3 Å². The molecule has 0 aromatic heterocycles. The summed E-state index contributed by atoms with van der Waals surface area (Å²) in [5, 5.41) is 2.96. The van der Waals surface area contributed by atoms with E-state index in [1.165, 1.54) is 0 Å². The van der Waals surface area contributed by atoms with Gasteiger partial charge < -0.3 is 19.5 Å². The number of amides is 1. The Balaban J connectivity index is 1.86. The number of para-hydroxylation sites is 3. The van der Waals surface area contributed by atoms with E-state index in [0.29, 0.717) is 40.6 Å². The number of ketones is 1. The van der Waals surface area contributed by atoms with Crippen LogP contribution in [0.3, 0.4) is 0 Å². The molecule has 1 amide bonds. The van der Waals surface area contributed by atoms with Crippen LogP contribution in [0.15, 0.2) is 58.7 Å². The topological polar surface area (TPSA) is 86.2 Å². The van der Waals surface area contributed by atoms with Gasteiger partial charge in [-0.25, -0.2) is 0 Å². The molecule has 2 aliphatic rings. The van der Waals surface area contributed by atoms with E-state index >= 15 is 0 Å². The van der Waals surface area contributed by atoms with Gasteiger partial charge >= 0.3 is 0 Å². The van der Waals surface area contributed by atoms with Crippen molar-refractivity contribution < 1.29 is 23.8 Å². The third kappa shape index (κ3) is 4.11. The summed E-state index contributed by atoms with van der Waals surface area (Å²) < 4.78 is 16.6. The van der Waals surface area contributed by atoms with Crippen molar-refractivity contribution in [3.8, 4) is 17.2 Å². The molecule has 1 heterocycles. The van der Waals surface area contributed by atoms with E-state index in [0.717, 1.165) is 24.1 Å². The van der Waals surface area contributed by atoms with Crippen molar-refractivity contribution in [2.24, 2.45) is 10.9 Å². The predicted molar refractivity (Wildman–Crippen MR) is 126 cm³/mol. The highest BCUT2D eigenvalue weighted by molar-refractivity contribution is 6.14. The number of anilines is 1. The molecule has 7 nitrogen and oxygen atoms in total. The van der Waals surface area contributed by atoms with Gasteiger partial charge in [-0.15, -0.1) is 0 Å². The van der Waals surface area contributed by atoms with Gasteiger partial charge in [-0.3, -0.25) is 14.6 Å². The summed E-state index contributed by atoms with van der Waals surface area (Å²) in [5.74, 6) is 0.322. The lowest BCUT2D eigenvalue weighted by atomic mass is 9.69. The van der Waals surface area contributed by atoms with Crippen molar-refractivity contribution in [3.63, 3.8) is 0 Å². The highest BCUT2D eigenvalue weighted by atomic mass is 16.5. The van der Waals surface area contributed by atoms with E-state index in [-0.39, 0.29) is 11.7 Å². The first-order valence-corrected chi connectivity index (χ1v) is 11.0. The van der Waals surface area contributed by atoms with Crippen LogP contribution in [-0.2, 0) is 9.59 Å². The van der Waals surface area contributed by atoms with Crippen molar-refractivity contribution >= 4 is 23.1 Å². The highest BCUT2D eigenvalue weighted by Crippen LogP contribution is 2.48. The summed E-state index contributed by atoms with van der Waals surface area (Å²) in [6.07, 6.45) is 1.97. The number of rotatable bonds is 6. The molecular formula is C26H28N2O5. The van der Waals surface area contributed by atoms with Gasteiger partial charge in [0.25, 0.3) is 5.91 Å². The second-order valence-corrected chi connectivity index (χ2v) is 8.11. The Morgan fingerprint density at radius 1 is 0.939 bits per heavy atom. The molecule has 0 saturated heterocycles. The Morgan fingerprint density at radius 2 is 1.67 bits per heavy atom. The highest BCUT2D eigenvalue weighted by Gasteiger charge is 2.44. The van der Waals surface area contributed by atoms with Crippen LogP contribution in [0.2, 0.25) is 0 Å². The van der Waals surface area contributed by atoms with Gasteiger partial charge in [0.15, 0.2) is 11.5 Å². The van der Waals surface area contributed by atoms with Crippen LogP contribution in [0.4, 0.5) is 5.69 Å². The molecule has 2 aromatic carbocycles. The maximum absolute atomic E-state index is 13.7. The minimum absolute atomic E-state index is 0.0879. The van der Waals surface area contributed by atoms with E-state index < -0.39 is 11.8 Å². The number of hydrogen-bond acceptors (Lipinski definition) is 6. The average molecular weight is 449 g/mol. The fourth-order valence-corrected chi connectivity index (χ4v) is 4.85. The molecule has 4 rings (SSSR count). The first kappa shape index (κ1) is 22.6. The fourth-order valence-electron chi connectivity index (χ4n) is 4.85. The number of fused-ring (bicyclic) bond motifs is 1. The first-order chi connectivity index (χ1) is 16.0. The monoisotopic (exact) mass is 448 g/mol. The number of nitrogens with zero attached hydrogens (tertiary/aromatic N) is 1. The summed E-state index contributed by atoms with van der Waals surface area (Å²) in [6, 6.07) is 12.7. The smallest absolute Gasteiger partial charge is 0.254 e. The Kier molecular flexibility index (Phi) is 6.49. The van der Waals surface area contributed by atoms with Crippen molar-refractivity contribution in [1.29, 1.82) is 0 Å². The Labute approximate surface area is 193 Å². The van der Waals surface area contributed by atoms with Crippen molar-refractivity contribution in [3.05, 3.63) is 59.3 Å². The molecule has 0 bridgehead atoms. The molecule has 0 unspecified atom stereocenters. The van der Waals surface area contributed by atoms with Crippen LogP contribution >= 0.6 is 0 Å². The molecule has 2 aromatic rings. The third-order valence-corrected chi connectivity index (χ3v) is 6.28. The number of methoxy groups -OCH3 is 3. The lowest BCUT2D eigenvalue weighted by Gasteiger charge is -2.36. The van der Waals surface area contributed by atoms with Crippen LogP contribution < -0.4 is 19.5 Å². The zero-order chi connectivity index (χ0) is 23.5. The number of hydrogen-bond donors (Lipinski definition) is 1. The number of carbonyl (C=O) groups is 2. The SMILES string of the molecule is COc1ccccc1NC(=O)C1=C(C)N=C2CCCC(=O)[C@H]2[C@H]1c1cccc(OC)c1OC. The molecule has 1 fully saturated rings. The minimum atomic E-state index is -0.537. The summed E-state index contributed by atoms with van der Waals surface area (Å²) in [4.78, 5) is 31.6. The van der Waals surface area contributed by atoms with Crippen LogP contribution in [0.1, 0.15) is 37.7 Å². The number of carbonyl (C=O) groups excluding carboxylic acids is 2. The molecule has 1 N–H and O–H groups in total. The number of aliphatic imine (C=N–C) groups is 1. The van der Waals surface area contributed by atoms with Crippen molar-refractivity contribution in [2.75, 3.05) is 26.6 Å². The summed E-state index contributed by atoms with van der Waals surface area (Å²) in [7, 11) is 4.68. The minimum Gasteiger partial charge on any atom is -0.495 e. The zero-order valence-electron chi connectivity index (χ0n) is 19.3. The molecule has 1 aliphatic carbocycles. The summed E-state index contributed by atoms with van der Waals surface area (Å²) in [5.41, 5.74) is 3.14. The zero-order valence-corrected chi connectivity index (χ0v) is 19.3. The van der Waals surface area contributed by atoms with Crippen molar-refractivity contribution in [1.82, 2.24) is 0 Å². The summed E-state index contributed by atoms with van der Waals surface area (Å²) >= 11 is 0.